The Labute approximate surface area is 123 Å². The fourth-order valence-corrected chi connectivity index (χ4v) is 2.31. The lowest BCUT2D eigenvalue weighted by Gasteiger charge is -2.36. The predicted molar refractivity (Wildman–Crippen MR) is 78.9 cm³/mol. The standard InChI is InChI=1S/C13H19ClN4O2/c1-8(2)17-13(19)11-7-20-4-3-18(11)12-10(15)5-9(14)6-16-12/h5-6,8,11H,3-4,7,15H2,1-2H3,(H,17,19). The zero-order valence-electron chi connectivity index (χ0n) is 11.6. The fourth-order valence-electron chi connectivity index (χ4n) is 2.14. The Morgan fingerprint density at radius 3 is 3.05 bits per heavy atom. The molecule has 1 aromatic rings. The van der Waals surface area contributed by atoms with Crippen molar-refractivity contribution in [1.29, 1.82) is 0 Å². The van der Waals surface area contributed by atoms with Crippen LogP contribution in [-0.2, 0) is 9.53 Å². The van der Waals surface area contributed by atoms with Crippen LogP contribution in [0.2, 0.25) is 5.02 Å². The number of morpholine rings is 1. The Bertz CT molecular complexity index is 495. The first kappa shape index (κ1) is 14.9. The van der Waals surface area contributed by atoms with Gasteiger partial charge < -0.3 is 20.7 Å². The van der Waals surface area contributed by atoms with Gasteiger partial charge in [-0.2, -0.15) is 0 Å². The molecular weight excluding hydrogens is 280 g/mol. The summed E-state index contributed by atoms with van der Waals surface area (Å²) < 4.78 is 5.40. The summed E-state index contributed by atoms with van der Waals surface area (Å²) in [6.45, 7) is 5.26. The molecule has 1 amide bonds. The molecule has 0 aromatic carbocycles. The van der Waals surface area contributed by atoms with Gasteiger partial charge in [-0.1, -0.05) is 11.6 Å². The Balaban J connectivity index is 2.24. The molecule has 0 radical (unpaired) electrons. The average molecular weight is 299 g/mol. The van der Waals surface area contributed by atoms with Crippen LogP contribution in [0.15, 0.2) is 12.3 Å². The first-order valence-corrected chi connectivity index (χ1v) is 6.92. The molecule has 0 bridgehead atoms. The Morgan fingerprint density at radius 2 is 2.40 bits per heavy atom. The van der Waals surface area contributed by atoms with E-state index in [1.165, 1.54) is 6.20 Å². The third-order valence-corrected chi connectivity index (χ3v) is 3.20. The Hall–Kier alpha value is -1.53. The number of carbonyl (C=O) groups excluding carboxylic acids is 1. The highest BCUT2D eigenvalue weighted by Crippen LogP contribution is 2.26. The smallest absolute Gasteiger partial charge is 0.245 e. The van der Waals surface area contributed by atoms with Crippen molar-refractivity contribution in [2.24, 2.45) is 0 Å². The van der Waals surface area contributed by atoms with Gasteiger partial charge in [-0.3, -0.25) is 4.79 Å². The monoisotopic (exact) mass is 298 g/mol. The number of nitrogens with one attached hydrogen (secondary N) is 1. The van der Waals surface area contributed by atoms with Crippen LogP contribution in [0, 0.1) is 0 Å². The minimum Gasteiger partial charge on any atom is -0.396 e. The van der Waals surface area contributed by atoms with Crippen LogP contribution < -0.4 is 16.0 Å². The Kier molecular flexibility index (Phi) is 4.67. The zero-order valence-corrected chi connectivity index (χ0v) is 12.4. The molecule has 2 heterocycles. The molecule has 1 atom stereocenters. The molecule has 7 heteroatoms. The van der Waals surface area contributed by atoms with Crippen molar-refractivity contribution in [3.05, 3.63) is 17.3 Å². The summed E-state index contributed by atoms with van der Waals surface area (Å²) in [5, 5.41) is 3.36. The van der Waals surface area contributed by atoms with Crippen LogP contribution in [0.25, 0.3) is 0 Å². The topological polar surface area (TPSA) is 80.5 Å². The lowest BCUT2D eigenvalue weighted by Crippen LogP contribution is -2.55. The number of ether oxygens (including phenoxy) is 1. The zero-order chi connectivity index (χ0) is 14.7. The van der Waals surface area contributed by atoms with Crippen molar-refractivity contribution in [2.75, 3.05) is 30.4 Å². The molecule has 110 valence electrons. The highest BCUT2D eigenvalue weighted by Gasteiger charge is 2.31. The number of halogens is 1. The molecule has 1 saturated heterocycles. The molecule has 6 nitrogen and oxygen atoms in total. The number of hydrogen-bond acceptors (Lipinski definition) is 5. The molecule has 1 aliphatic rings. The maximum Gasteiger partial charge on any atom is 0.245 e. The third kappa shape index (κ3) is 3.32. The molecule has 1 aromatic heterocycles. The number of aromatic nitrogens is 1. The number of nitrogen functional groups attached to an aromatic ring is 1. The maximum absolute atomic E-state index is 12.2. The van der Waals surface area contributed by atoms with Gasteiger partial charge in [0, 0.05) is 18.8 Å². The average Bonchev–Trinajstić information content (AvgIpc) is 2.38. The lowest BCUT2D eigenvalue weighted by atomic mass is 10.2. The summed E-state index contributed by atoms with van der Waals surface area (Å²) in [6, 6.07) is 1.28. The van der Waals surface area contributed by atoms with Gasteiger partial charge in [-0.05, 0) is 19.9 Å². The molecule has 2 rings (SSSR count). The second-order valence-electron chi connectivity index (χ2n) is 5.01. The van der Waals surface area contributed by atoms with E-state index < -0.39 is 6.04 Å². The fraction of sp³-hybridized carbons (Fsp3) is 0.538. The van der Waals surface area contributed by atoms with Gasteiger partial charge in [0.2, 0.25) is 5.91 Å². The largest absolute Gasteiger partial charge is 0.396 e. The van der Waals surface area contributed by atoms with Gasteiger partial charge in [-0.15, -0.1) is 0 Å². The van der Waals surface area contributed by atoms with Gasteiger partial charge in [0.1, 0.15) is 6.04 Å². The Morgan fingerprint density at radius 1 is 1.65 bits per heavy atom. The number of anilines is 2. The highest BCUT2D eigenvalue weighted by molar-refractivity contribution is 6.30. The number of rotatable bonds is 3. The van der Waals surface area contributed by atoms with E-state index >= 15 is 0 Å². The van der Waals surface area contributed by atoms with Crippen molar-refractivity contribution in [3.8, 4) is 0 Å². The van der Waals surface area contributed by atoms with E-state index in [0.29, 0.717) is 36.3 Å². The summed E-state index contributed by atoms with van der Waals surface area (Å²) in [5.41, 5.74) is 6.41. The van der Waals surface area contributed by atoms with Crippen LogP contribution >= 0.6 is 11.6 Å². The predicted octanol–water partition coefficient (Wildman–Crippen LogP) is 1.05. The molecule has 1 fully saturated rings. The van der Waals surface area contributed by atoms with E-state index in [2.05, 4.69) is 10.3 Å². The van der Waals surface area contributed by atoms with Gasteiger partial charge in [0.15, 0.2) is 5.82 Å². The molecular formula is C13H19ClN4O2. The van der Waals surface area contributed by atoms with Crippen LogP contribution in [0.4, 0.5) is 11.5 Å². The van der Waals surface area contributed by atoms with E-state index in [-0.39, 0.29) is 11.9 Å². The molecule has 0 aliphatic carbocycles. The van der Waals surface area contributed by atoms with Crippen molar-refractivity contribution < 1.29 is 9.53 Å². The van der Waals surface area contributed by atoms with E-state index in [9.17, 15) is 4.79 Å². The minimum absolute atomic E-state index is 0.0711. The van der Waals surface area contributed by atoms with Gasteiger partial charge in [0.05, 0.1) is 23.9 Å². The second kappa shape index (κ2) is 6.28. The van der Waals surface area contributed by atoms with Crippen molar-refractivity contribution in [2.45, 2.75) is 25.9 Å². The molecule has 0 saturated carbocycles. The number of pyridine rings is 1. The van der Waals surface area contributed by atoms with Gasteiger partial charge in [-0.25, -0.2) is 4.98 Å². The number of amides is 1. The normalized spacial score (nSPS) is 19.2. The van der Waals surface area contributed by atoms with Gasteiger partial charge >= 0.3 is 0 Å². The van der Waals surface area contributed by atoms with Crippen molar-refractivity contribution >= 4 is 29.0 Å². The van der Waals surface area contributed by atoms with E-state index in [4.69, 9.17) is 22.1 Å². The van der Waals surface area contributed by atoms with E-state index in [1.54, 1.807) is 6.07 Å². The number of nitrogens with two attached hydrogens (primary N) is 1. The van der Waals surface area contributed by atoms with Crippen molar-refractivity contribution in [3.63, 3.8) is 0 Å². The van der Waals surface area contributed by atoms with Crippen LogP contribution in [0.1, 0.15) is 13.8 Å². The number of hydrogen-bond donors (Lipinski definition) is 2. The summed E-state index contributed by atoms with van der Waals surface area (Å²) >= 11 is 5.86. The summed E-state index contributed by atoms with van der Waals surface area (Å²) in [4.78, 5) is 18.4. The first-order chi connectivity index (χ1) is 9.49. The van der Waals surface area contributed by atoms with Crippen LogP contribution in [0.3, 0.4) is 0 Å². The lowest BCUT2D eigenvalue weighted by molar-refractivity contribution is -0.125. The summed E-state index contributed by atoms with van der Waals surface area (Å²) in [5.74, 6) is 0.484. The van der Waals surface area contributed by atoms with E-state index in [1.807, 2.05) is 18.7 Å². The quantitative estimate of drug-likeness (QED) is 0.872. The highest BCUT2D eigenvalue weighted by atomic mass is 35.5. The summed E-state index contributed by atoms with van der Waals surface area (Å²) in [6.07, 6.45) is 1.53. The van der Waals surface area contributed by atoms with E-state index in [0.717, 1.165) is 0 Å². The second-order valence-corrected chi connectivity index (χ2v) is 5.45. The summed E-state index contributed by atoms with van der Waals surface area (Å²) in [7, 11) is 0. The molecule has 1 aliphatic heterocycles. The molecule has 20 heavy (non-hydrogen) atoms. The van der Waals surface area contributed by atoms with Crippen molar-refractivity contribution in [1.82, 2.24) is 10.3 Å². The number of carbonyl (C=O) groups is 1. The van der Waals surface area contributed by atoms with Crippen LogP contribution in [-0.4, -0.2) is 42.7 Å². The maximum atomic E-state index is 12.2. The first-order valence-electron chi connectivity index (χ1n) is 6.55. The SMILES string of the molecule is CC(C)NC(=O)C1COCCN1c1ncc(Cl)cc1N. The molecule has 3 N–H and O–H groups in total. The molecule has 0 spiro atoms. The van der Waals surface area contributed by atoms with Gasteiger partial charge in [0.25, 0.3) is 0 Å². The number of nitrogens with zero attached hydrogens (tertiary/aromatic N) is 2. The molecule has 1 unspecified atom stereocenters. The third-order valence-electron chi connectivity index (χ3n) is 3.00. The van der Waals surface area contributed by atoms with Crippen LogP contribution in [0.5, 0.6) is 0 Å². The minimum atomic E-state index is -0.429.